The van der Waals surface area contributed by atoms with E-state index in [9.17, 15) is 9.59 Å². The molecular formula is C12H16O6. The number of aliphatic hydroxyl groups is 2. The van der Waals surface area contributed by atoms with Crippen LogP contribution in [0.15, 0.2) is 24.3 Å². The van der Waals surface area contributed by atoms with Crippen molar-refractivity contribution in [3.05, 3.63) is 35.4 Å². The van der Waals surface area contributed by atoms with Crippen LogP contribution in [0.4, 0.5) is 0 Å². The first-order valence-corrected chi connectivity index (χ1v) is 5.31. The molecule has 0 saturated heterocycles. The van der Waals surface area contributed by atoms with Gasteiger partial charge >= 0.3 is 11.9 Å². The quantitative estimate of drug-likeness (QED) is 0.601. The van der Waals surface area contributed by atoms with Crippen molar-refractivity contribution in [3.63, 3.8) is 0 Å². The molecule has 100 valence electrons. The summed E-state index contributed by atoms with van der Waals surface area (Å²) in [4.78, 5) is 20.9. The zero-order valence-corrected chi connectivity index (χ0v) is 9.91. The molecule has 0 fully saturated rings. The van der Waals surface area contributed by atoms with E-state index in [4.69, 9.17) is 20.4 Å². The standard InChI is InChI=1S/C8H6O4.C4H10O2/c9-7(10)5-3-1-2-4-6(5)8(11)12;1-2-3-4(5)6/h1-4H,(H,9,10)(H,11,12);4-6H,2-3H2,1H3. The molecule has 18 heavy (non-hydrogen) atoms. The van der Waals surface area contributed by atoms with Gasteiger partial charge in [-0.2, -0.15) is 0 Å². The highest BCUT2D eigenvalue weighted by Gasteiger charge is 2.13. The summed E-state index contributed by atoms with van der Waals surface area (Å²) in [6, 6.07) is 5.48. The van der Waals surface area contributed by atoms with Crippen LogP contribution < -0.4 is 0 Å². The molecule has 1 aromatic rings. The maximum atomic E-state index is 10.5. The summed E-state index contributed by atoms with van der Waals surface area (Å²) >= 11 is 0. The number of carbonyl (C=O) groups is 2. The third-order valence-corrected chi connectivity index (χ3v) is 1.93. The number of aromatic carboxylic acids is 2. The molecular weight excluding hydrogens is 240 g/mol. The number of carboxylic acid groups (broad SMARTS) is 2. The summed E-state index contributed by atoms with van der Waals surface area (Å²) in [6.07, 6.45) is 0.215. The van der Waals surface area contributed by atoms with Gasteiger partial charge in [0.25, 0.3) is 0 Å². The summed E-state index contributed by atoms with van der Waals surface area (Å²) in [6.45, 7) is 1.90. The number of hydrogen-bond acceptors (Lipinski definition) is 4. The van der Waals surface area contributed by atoms with E-state index in [1.807, 2.05) is 6.92 Å². The van der Waals surface area contributed by atoms with Gasteiger partial charge in [-0.1, -0.05) is 25.5 Å². The molecule has 0 bridgehead atoms. The first-order valence-electron chi connectivity index (χ1n) is 5.31. The Morgan fingerprint density at radius 1 is 1.06 bits per heavy atom. The highest BCUT2D eigenvalue weighted by molar-refractivity contribution is 6.01. The summed E-state index contributed by atoms with van der Waals surface area (Å²) in [5, 5.41) is 33.3. The van der Waals surface area contributed by atoms with Gasteiger partial charge < -0.3 is 20.4 Å². The van der Waals surface area contributed by atoms with Crippen molar-refractivity contribution < 1.29 is 30.0 Å². The first kappa shape index (κ1) is 16.1. The van der Waals surface area contributed by atoms with Crippen molar-refractivity contribution in [2.24, 2.45) is 0 Å². The van der Waals surface area contributed by atoms with Crippen LogP contribution in [-0.2, 0) is 0 Å². The molecule has 0 aromatic heterocycles. The van der Waals surface area contributed by atoms with Crippen LogP contribution in [0.2, 0.25) is 0 Å². The molecule has 0 aliphatic carbocycles. The average Bonchev–Trinajstić information content (AvgIpc) is 2.29. The molecule has 0 aliphatic heterocycles. The number of aliphatic hydroxyl groups excluding tert-OH is 1. The average molecular weight is 256 g/mol. The second-order valence-corrected chi connectivity index (χ2v) is 3.43. The second kappa shape index (κ2) is 8.21. The minimum absolute atomic E-state index is 0.190. The van der Waals surface area contributed by atoms with Gasteiger partial charge in [0.1, 0.15) is 0 Å². The number of benzene rings is 1. The van der Waals surface area contributed by atoms with Gasteiger partial charge in [0, 0.05) is 0 Å². The summed E-state index contributed by atoms with van der Waals surface area (Å²) in [7, 11) is 0. The van der Waals surface area contributed by atoms with E-state index < -0.39 is 18.2 Å². The van der Waals surface area contributed by atoms with Crippen LogP contribution in [0.1, 0.15) is 40.5 Å². The molecule has 0 atom stereocenters. The Bertz CT molecular complexity index is 366. The van der Waals surface area contributed by atoms with Gasteiger partial charge in [0.2, 0.25) is 0 Å². The summed E-state index contributed by atoms with van der Waals surface area (Å²) in [5.74, 6) is -2.46. The van der Waals surface area contributed by atoms with Crippen molar-refractivity contribution in [3.8, 4) is 0 Å². The number of carboxylic acids is 2. The Hall–Kier alpha value is -1.92. The van der Waals surface area contributed by atoms with Crippen molar-refractivity contribution >= 4 is 11.9 Å². The van der Waals surface area contributed by atoms with E-state index in [1.54, 1.807) is 0 Å². The number of hydrogen-bond donors (Lipinski definition) is 4. The molecule has 0 heterocycles. The van der Waals surface area contributed by atoms with E-state index in [1.165, 1.54) is 24.3 Å². The lowest BCUT2D eigenvalue weighted by atomic mass is 10.1. The monoisotopic (exact) mass is 256 g/mol. The van der Waals surface area contributed by atoms with Crippen LogP contribution in [0.25, 0.3) is 0 Å². The Labute approximate surface area is 104 Å². The van der Waals surface area contributed by atoms with E-state index in [-0.39, 0.29) is 11.1 Å². The lowest BCUT2D eigenvalue weighted by molar-refractivity contribution is -0.0453. The van der Waals surface area contributed by atoms with Crippen LogP contribution >= 0.6 is 0 Å². The molecule has 0 amide bonds. The van der Waals surface area contributed by atoms with Crippen molar-refractivity contribution in [2.45, 2.75) is 26.1 Å². The smallest absolute Gasteiger partial charge is 0.336 e. The van der Waals surface area contributed by atoms with Crippen molar-refractivity contribution in [1.82, 2.24) is 0 Å². The topological polar surface area (TPSA) is 115 Å². The predicted molar refractivity (Wildman–Crippen MR) is 63.5 cm³/mol. The largest absolute Gasteiger partial charge is 0.478 e. The van der Waals surface area contributed by atoms with Gasteiger partial charge in [-0.15, -0.1) is 0 Å². The van der Waals surface area contributed by atoms with Gasteiger partial charge in [-0.3, -0.25) is 0 Å². The fourth-order valence-corrected chi connectivity index (χ4v) is 1.11. The summed E-state index contributed by atoms with van der Waals surface area (Å²) < 4.78 is 0. The van der Waals surface area contributed by atoms with Gasteiger partial charge in [0.15, 0.2) is 6.29 Å². The van der Waals surface area contributed by atoms with Crippen LogP contribution in [0.3, 0.4) is 0 Å². The molecule has 6 nitrogen and oxygen atoms in total. The Kier molecular flexibility index (Phi) is 7.34. The summed E-state index contributed by atoms with van der Waals surface area (Å²) in [5.41, 5.74) is -0.380. The van der Waals surface area contributed by atoms with E-state index in [0.717, 1.165) is 6.42 Å². The Balaban J connectivity index is 0.000000411. The Morgan fingerprint density at radius 2 is 1.44 bits per heavy atom. The molecule has 4 N–H and O–H groups in total. The highest BCUT2D eigenvalue weighted by atomic mass is 16.5. The maximum Gasteiger partial charge on any atom is 0.336 e. The van der Waals surface area contributed by atoms with Crippen molar-refractivity contribution in [1.29, 1.82) is 0 Å². The molecule has 0 spiro atoms. The molecule has 0 aliphatic rings. The molecule has 0 unspecified atom stereocenters. The number of rotatable bonds is 4. The third-order valence-electron chi connectivity index (χ3n) is 1.93. The SMILES string of the molecule is CCCC(O)O.O=C(O)c1ccccc1C(=O)O. The zero-order valence-electron chi connectivity index (χ0n) is 9.91. The van der Waals surface area contributed by atoms with Gasteiger partial charge in [-0.05, 0) is 18.6 Å². The van der Waals surface area contributed by atoms with Crippen LogP contribution in [0.5, 0.6) is 0 Å². The molecule has 6 heteroatoms. The fraction of sp³-hybridized carbons (Fsp3) is 0.333. The lowest BCUT2D eigenvalue weighted by Gasteiger charge is -1.98. The van der Waals surface area contributed by atoms with Crippen LogP contribution in [-0.4, -0.2) is 38.7 Å². The fourth-order valence-electron chi connectivity index (χ4n) is 1.11. The highest BCUT2D eigenvalue weighted by Crippen LogP contribution is 2.07. The van der Waals surface area contributed by atoms with Gasteiger partial charge in [-0.25, -0.2) is 9.59 Å². The maximum absolute atomic E-state index is 10.5. The zero-order chi connectivity index (χ0) is 14.1. The van der Waals surface area contributed by atoms with Crippen LogP contribution in [0, 0.1) is 0 Å². The molecule has 0 radical (unpaired) electrons. The normalized spacial score (nSPS) is 9.56. The third kappa shape index (κ3) is 5.97. The van der Waals surface area contributed by atoms with Gasteiger partial charge in [0.05, 0.1) is 11.1 Å². The van der Waals surface area contributed by atoms with Crippen molar-refractivity contribution in [2.75, 3.05) is 0 Å². The van der Waals surface area contributed by atoms with E-state index in [2.05, 4.69) is 0 Å². The second-order valence-electron chi connectivity index (χ2n) is 3.43. The van der Waals surface area contributed by atoms with E-state index in [0.29, 0.717) is 6.42 Å². The first-order chi connectivity index (χ1) is 8.40. The molecule has 0 saturated carbocycles. The lowest BCUT2D eigenvalue weighted by Crippen LogP contribution is -2.06. The Morgan fingerprint density at radius 3 is 1.61 bits per heavy atom. The molecule has 1 aromatic carbocycles. The molecule has 1 rings (SSSR count). The predicted octanol–water partition coefficient (Wildman–Crippen LogP) is 1.18. The van der Waals surface area contributed by atoms with E-state index >= 15 is 0 Å². The minimum Gasteiger partial charge on any atom is -0.478 e. The minimum atomic E-state index is -1.23.